The number of esters is 1. The molecule has 2 saturated carbocycles. The molecule has 0 spiro atoms. The lowest BCUT2D eigenvalue weighted by atomic mass is 9.72. The number of rotatable bonds is 9. The molecule has 2 N–H and O–H groups in total. The molecule has 6 heteroatoms. The van der Waals surface area contributed by atoms with E-state index in [2.05, 4.69) is 13.0 Å². The summed E-state index contributed by atoms with van der Waals surface area (Å²) in [6, 6.07) is 7.66. The summed E-state index contributed by atoms with van der Waals surface area (Å²) in [5.41, 5.74) is 8.37. The van der Waals surface area contributed by atoms with Crippen molar-refractivity contribution in [3.63, 3.8) is 0 Å². The molecule has 0 radical (unpaired) electrons. The van der Waals surface area contributed by atoms with Crippen molar-refractivity contribution in [1.29, 1.82) is 0 Å². The van der Waals surface area contributed by atoms with Crippen LogP contribution in [0.2, 0.25) is 0 Å². The first-order valence-electron chi connectivity index (χ1n) is 12.3. The summed E-state index contributed by atoms with van der Waals surface area (Å²) in [7, 11) is 1.44. The minimum Gasteiger partial charge on any atom is -0.465 e. The predicted octanol–water partition coefficient (Wildman–Crippen LogP) is 4.21. The van der Waals surface area contributed by atoms with Gasteiger partial charge in [0.15, 0.2) is 0 Å². The Morgan fingerprint density at radius 3 is 2.53 bits per heavy atom. The Kier molecular flexibility index (Phi) is 7.87. The second-order valence-electron chi connectivity index (χ2n) is 10.1. The van der Waals surface area contributed by atoms with Crippen LogP contribution in [0.1, 0.15) is 80.1 Å². The van der Waals surface area contributed by atoms with Crippen molar-refractivity contribution in [2.75, 3.05) is 26.9 Å². The summed E-state index contributed by atoms with van der Waals surface area (Å²) in [6.07, 6.45) is 9.37. The molecule has 4 aliphatic rings. The van der Waals surface area contributed by atoms with Gasteiger partial charge in [0.05, 0.1) is 56.8 Å². The Labute approximate surface area is 192 Å². The zero-order valence-corrected chi connectivity index (χ0v) is 19.6. The number of hydrogen-bond donors (Lipinski definition) is 1. The van der Waals surface area contributed by atoms with Gasteiger partial charge in [0.25, 0.3) is 0 Å². The van der Waals surface area contributed by atoms with Gasteiger partial charge in [0, 0.05) is 5.41 Å². The molecule has 2 saturated heterocycles. The van der Waals surface area contributed by atoms with E-state index in [1.54, 1.807) is 0 Å². The third-order valence-electron chi connectivity index (χ3n) is 7.88. The van der Waals surface area contributed by atoms with Crippen LogP contribution in [-0.2, 0) is 18.9 Å². The van der Waals surface area contributed by atoms with Crippen LogP contribution in [0.25, 0.3) is 0 Å². The van der Waals surface area contributed by atoms with Gasteiger partial charge in [0.2, 0.25) is 0 Å². The maximum atomic E-state index is 12.1. The predicted molar refractivity (Wildman–Crippen MR) is 123 cm³/mol. The second kappa shape index (κ2) is 10.6. The number of ether oxygens (including phenoxy) is 4. The molecular weight excluding hydrogens is 406 g/mol. The average Bonchev–Trinajstić information content (AvgIpc) is 2.86. The molecule has 2 bridgehead atoms. The molecule has 178 valence electrons. The minimum atomic E-state index is -0.258. The van der Waals surface area contributed by atoms with Gasteiger partial charge >= 0.3 is 5.97 Å². The Bertz CT molecular complexity index is 739. The van der Waals surface area contributed by atoms with E-state index in [0.29, 0.717) is 24.2 Å². The average molecular weight is 446 g/mol. The molecule has 0 aromatic heterocycles. The third kappa shape index (κ3) is 5.53. The van der Waals surface area contributed by atoms with Crippen molar-refractivity contribution in [2.45, 2.75) is 88.6 Å². The fourth-order valence-corrected chi connectivity index (χ4v) is 5.50. The number of hydrogen-bond acceptors (Lipinski definition) is 6. The number of fused-ring (bicyclic) bond motifs is 3. The first-order valence-corrected chi connectivity index (χ1v) is 12.3. The summed E-state index contributed by atoms with van der Waals surface area (Å²) in [6.45, 7) is 4.14. The lowest BCUT2D eigenvalue weighted by Crippen LogP contribution is -2.47. The fourth-order valence-electron chi connectivity index (χ4n) is 5.50. The molecule has 4 fully saturated rings. The molecule has 0 amide bonds. The van der Waals surface area contributed by atoms with Crippen molar-refractivity contribution in [1.82, 2.24) is 0 Å². The maximum absolute atomic E-state index is 12.1. The highest BCUT2D eigenvalue weighted by molar-refractivity contribution is 5.91. The Morgan fingerprint density at radius 1 is 1.16 bits per heavy atom. The Balaban J connectivity index is 1.19. The van der Waals surface area contributed by atoms with E-state index in [4.69, 9.17) is 24.7 Å². The smallest absolute Gasteiger partial charge is 0.338 e. The van der Waals surface area contributed by atoms with E-state index in [1.165, 1.54) is 32.8 Å². The molecule has 2 aliphatic carbocycles. The van der Waals surface area contributed by atoms with Crippen LogP contribution in [0.15, 0.2) is 24.3 Å². The van der Waals surface area contributed by atoms with E-state index in [1.807, 2.05) is 18.2 Å². The van der Waals surface area contributed by atoms with Crippen molar-refractivity contribution in [3.05, 3.63) is 35.4 Å². The molecule has 0 unspecified atom stereocenters. The van der Waals surface area contributed by atoms with Crippen molar-refractivity contribution < 1.29 is 23.7 Å². The standard InChI is InChI=1S/C26H39NO5/c1-18(31-16-26-13-11-21(12-14-26)32-17-26)24(27)15-30-20-9-7-19(8-10-20)22-5-3-4-6-23(22)25(28)29-2/h3-6,18-21,24H,7-17,27H2,1-2H3/t18-,19?,20?,21?,24-,26?/m1/s1. The quantitative estimate of drug-likeness (QED) is 0.574. The summed E-state index contributed by atoms with van der Waals surface area (Å²) in [4.78, 5) is 12.1. The molecule has 2 heterocycles. The zero-order chi connectivity index (χ0) is 22.6. The van der Waals surface area contributed by atoms with E-state index in [0.717, 1.165) is 44.5 Å². The number of carbonyl (C=O) groups excluding carboxylic acids is 1. The molecule has 1 aromatic rings. The third-order valence-corrected chi connectivity index (χ3v) is 7.88. The zero-order valence-electron chi connectivity index (χ0n) is 19.6. The molecule has 2 atom stereocenters. The fraction of sp³-hybridized carbons (Fsp3) is 0.731. The SMILES string of the molecule is COC(=O)c1ccccc1C1CCC(OC[C@@H](N)[C@@H](C)OCC23CCC(CC2)OC3)CC1. The maximum Gasteiger partial charge on any atom is 0.338 e. The topological polar surface area (TPSA) is 80.0 Å². The second-order valence-corrected chi connectivity index (χ2v) is 10.1. The van der Waals surface area contributed by atoms with Crippen LogP contribution in [0.5, 0.6) is 0 Å². The highest BCUT2D eigenvalue weighted by Crippen LogP contribution is 2.43. The van der Waals surface area contributed by atoms with Gasteiger partial charge in [0.1, 0.15) is 0 Å². The van der Waals surface area contributed by atoms with Gasteiger partial charge in [-0.1, -0.05) is 18.2 Å². The van der Waals surface area contributed by atoms with Crippen molar-refractivity contribution in [3.8, 4) is 0 Å². The molecular formula is C26H39NO5. The summed E-state index contributed by atoms with van der Waals surface area (Å²) in [5, 5.41) is 0. The summed E-state index contributed by atoms with van der Waals surface area (Å²) < 4.78 is 23.2. The first-order chi connectivity index (χ1) is 15.5. The lowest BCUT2D eigenvalue weighted by molar-refractivity contribution is -0.151. The van der Waals surface area contributed by atoms with Crippen LogP contribution in [0, 0.1) is 5.41 Å². The van der Waals surface area contributed by atoms with Crippen molar-refractivity contribution >= 4 is 5.97 Å². The number of methoxy groups -OCH3 is 1. The normalized spacial score (nSPS) is 31.8. The minimum absolute atomic E-state index is 0.0349. The van der Waals surface area contributed by atoms with E-state index in [9.17, 15) is 4.79 Å². The van der Waals surface area contributed by atoms with Gasteiger partial charge in [-0.15, -0.1) is 0 Å². The van der Waals surface area contributed by atoms with Crippen LogP contribution >= 0.6 is 0 Å². The molecule has 5 rings (SSSR count). The van der Waals surface area contributed by atoms with Gasteiger partial charge < -0.3 is 24.7 Å². The Hall–Kier alpha value is -1.47. The van der Waals surface area contributed by atoms with Gasteiger partial charge in [-0.3, -0.25) is 0 Å². The van der Waals surface area contributed by atoms with E-state index in [-0.39, 0.29) is 29.6 Å². The lowest BCUT2D eigenvalue weighted by Gasteiger charge is -2.46. The van der Waals surface area contributed by atoms with Crippen LogP contribution < -0.4 is 5.73 Å². The summed E-state index contributed by atoms with van der Waals surface area (Å²) >= 11 is 0. The van der Waals surface area contributed by atoms with Gasteiger partial charge in [-0.05, 0) is 75.8 Å². The molecule has 32 heavy (non-hydrogen) atoms. The van der Waals surface area contributed by atoms with Crippen molar-refractivity contribution in [2.24, 2.45) is 11.1 Å². The number of benzene rings is 1. The Morgan fingerprint density at radius 2 is 1.88 bits per heavy atom. The van der Waals surface area contributed by atoms with Crippen LogP contribution in [-0.4, -0.2) is 57.3 Å². The van der Waals surface area contributed by atoms with E-state index < -0.39 is 0 Å². The monoisotopic (exact) mass is 445 g/mol. The van der Waals surface area contributed by atoms with E-state index >= 15 is 0 Å². The number of carbonyl (C=O) groups is 1. The van der Waals surface area contributed by atoms with Gasteiger partial charge in [-0.2, -0.15) is 0 Å². The largest absolute Gasteiger partial charge is 0.465 e. The number of nitrogens with two attached hydrogens (primary N) is 1. The first kappa shape index (κ1) is 23.7. The van der Waals surface area contributed by atoms with Crippen LogP contribution in [0.3, 0.4) is 0 Å². The molecule has 6 nitrogen and oxygen atoms in total. The molecule has 2 aliphatic heterocycles. The van der Waals surface area contributed by atoms with Crippen LogP contribution in [0.4, 0.5) is 0 Å². The summed E-state index contributed by atoms with van der Waals surface area (Å²) in [5.74, 6) is 0.111. The van der Waals surface area contributed by atoms with Gasteiger partial charge in [-0.25, -0.2) is 4.79 Å². The highest BCUT2D eigenvalue weighted by atomic mass is 16.5. The highest BCUT2D eigenvalue weighted by Gasteiger charge is 2.42. The molecule has 1 aromatic carbocycles.